The van der Waals surface area contributed by atoms with Crippen LogP contribution in [0.3, 0.4) is 0 Å². The van der Waals surface area contributed by atoms with Gasteiger partial charge in [0, 0.05) is 24.5 Å². The zero-order chi connectivity index (χ0) is 13.3. The van der Waals surface area contributed by atoms with Crippen molar-refractivity contribution in [1.29, 1.82) is 0 Å². The molecule has 0 radical (unpaired) electrons. The molecule has 1 aliphatic heterocycles. The molecule has 0 aliphatic carbocycles. The van der Waals surface area contributed by atoms with Crippen molar-refractivity contribution in [3.8, 4) is 0 Å². The molecule has 5 nitrogen and oxygen atoms in total. The van der Waals surface area contributed by atoms with Gasteiger partial charge in [-0.15, -0.1) is 0 Å². The summed E-state index contributed by atoms with van der Waals surface area (Å²) < 4.78 is 25.5. The highest BCUT2D eigenvalue weighted by atomic mass is 79.9. The van der Waals surface area contributed by atoms with Gasteiger partial charge >= 0.3 is 0 Å². The van der Waals surface area contributed by atoms with Gasteiger partial charge in [0.05, 0.1) is 21.6 Å². The Morgan fingerprint density at radius 3 is 2.89 bits per heavy atom. The van der Waals surface area contributed by atoms with Gasteiger partial charge in [0.15, 0.2) is 9.84 Å². The minimum atomic E-state index is -3.00. The van der Waals surface area contributed by atoms with Crippen LogP contribution in [0.25, 0.3) is 0 Å². The monoisotopic (exact) mass is 333 g/mol. The highest BCUT2D eigenvalue weighted by Crippen LogP contribution is 2.21. The lowest BCUT2D eigenvalue weighted by Gasteiger charge is -2.11. The number of nitrogens with one attached hydrogen (secondary N) is 1. The number of hydrogen-bond acceptors (Lipinski definition) is 4. The van der Waals surface area contributed by atoms with Gasteiger partial charge < -0.3 is 5.32 Å². The normalized spacial score (nSPS) is 21.6. The average molecular weight is 334 g/mol. The highest BCUT2D eigenvalue weighted by Gasteiger charge is 2.22. The smallest absolute Gasteiger partial charge is 0.173 e. The molecule has 0 bridgehead atoms. The largest absolute Gasteiger partial charge is 0.304 e. The third-order valence-corrected chi connectivity index (χ3v) is 5.34. The summed E-state index contributed by atoms with van der Waals surface area (Å²) in [7, 11) is -3.00. The van der Waals surface area contributed by atoms with Crippen LogP contribution in [0.1, 0.15) is 18.3 Å². The summed E-state index contributed by atoms with van der Waals surface area (Å²) in [5, 5.41) is 8.90. The number of halogens is 1. The van der Waals surface area contributed by atoms with Crippen LogP contribution >= 0.6 is 15.9 Å². The standard InChI is InChI=1S/C11H16BrN3O2S/c1-3-15-10(11(12)8(2)14-15)6-13-9-4-5-18(16,17)7-9/h4-5,9,13H,3,6-7H2,1-2H3. The number of aromatic nitrogens is 2. The summed E-state index contributed by atoms with van der Waals surface area (Å²) in [6.07, 6.45) is 1.70. The molecule has 0 aromatic carbocycles. The van der Waals surface area contributed by atoms with Gasteiger partial charge in [-0.25, -0.2) is 8.42 Å². The molecule has 1 aromatic rings. The summed E-state index contributed by atoms with van der Waals surface area (Å²) >= 11 is 3.51. The maximum Gasteiger partial charge on any atom is 0.173 e. The van der Waals surface area contributed by atoms with Crippen LogP contribution in [0.15, 0.2) is 16.0 Å². The molecule has 0 saturated carbocycles. The molecule has 1 aliphatic rings. The van der Waals surface area contributed by atoms with E-state index in [2.05, 4.69) is 26.3 Å². The molecule has 0 spiro atoms. The minimum Gasteiger partial charge on any atom is -0.304 e. The van der Waals surface area contributed by atoms with Crippen molar-refractivity contribution in [2.45, 2.75) is 33.0 Å². The first-order valence-electron chi connectivity index (χ1n) is 5.79. The van der Waals surface area contributed by atoms with Gasteiger partial charge in [-0.2, -0.15) is 5.10 Å². The second-order valence-corrected chi connectivity index (χ2v) is 7.03. The Balaban J connectivity index is 2.05. The van der Waals surface area contributed by atoms with E-state index < -0.39 is 9.84 Å². The lowest BCUT2D eigenvalue weighted by atomic mass is 10.3. The quantitative estimate of drug-likeness (QED) is 0.903. The molecular weight excluding hydrogens is 318 g/mol. The van der Waals surface area contributed by atoms with E-state index in [1.54, 1.807) is 6.08 Å². The lowest BCUT2D eigenvalue weighted by Crippen LogP contribution is -2.30. The maximum atomic E-state index is 11.3. The molecule has 1 atom stereocenters. The number of rotatable bonds is 4. The topological polar surface area (TPSA) is 64.0 Å². The number of hydrogen-bond donors (Lipinski definition) is 1. The van der Waals surface area contributed by atoms with Crippen molar-refractivity contribution in [2.24, 2.45) is 0 Å². The summed E-state index contributed by atoms with van der Waals surface area (Å²) in [5.41, 5.74) is 2.00. The third kappa shape index (κ3) is 2.84. The van der Waals surface area contributed by atoms with E-state index in [9.17, 15) is 8.42 Å². The molecule has 1 aromatic heterocycles. The predicted molar refractivity (Wildman–Crippen MR) is 73.9 cm³/mol. The summed E-state index contributed by atoms with van der Waals surface area (Å²) in [5.74, 6) is 0.143. The molecule has 2 rings (SSSR count). The van der Waals surface area contributed by atoms with Crippen LogP contribution in [0.4, 0.5) is 0 Å². The highest BCUT2D eigenvalue weighted by molar-refractivity contribution is 9.10. The van der Waals surface area contributed by atoms with Crippen molar-refractivity contribution in [3.05, 3.63) is 27.3 Å². The van der Waals surface area contributed by atoms with E-state index in [0.29, 0.717) is 6.54 Å². The Labute approximate surface area is 115 Å². The van der Waals surface area contributed by atoms with E-state index in [4.69, 9.17) is 0 Å². The first-order valence-corrected chi connectivity index (χ1v) is 8.30. The average Bonchev–Trinajstić information content (AvgIpc) is 2.78. The van der Waals surface area contributed by atoms with Crippen LogP contribution in [-0.2, 0) is 22.9 Å². The molecule has 18 heavy (non-hydrogen) atoms. The molecule has 0 saturated heterocycles. The van der Waals surface area contributed by atoms with Crippen LogP contribution in [-0.4, -0.2) is 30.0 Å². The van der Waals surface area contributed by atoms with Crippen molar-refractivity contribution < 1.29 is 8.42 Å². The Hall–Kier alpha value is -0.660. The fraction of sp³-hybridized carbons (Fsp3) is 0.545. The van der Waals surface area contributed by atoms with Crippen LogP contribution in [0.5, 0.6) is 0 Å². The SMILES string of the molecule is CCn1nc(C)c(Br)c1CNC1C=CS(=O)(=O)C1. The zero-order valence-electron chi connectivity index (χ0n) is 10.4. The third-order valence-electron chi connectivity index (χ3n) is 2.91. The molecule has 0 amide bonds. The molecule has 0 fully saturated rings. The lowest BCUT2D eigenvalue weighted by molar-refractivity contribution is 0.556. The second kappa shape index (κ2) is 5.14. The van der Waals surface area contributed by atoms with Crippen molar-refractivity contribution in [3.63, 3.8) is 0 Å². The second-order valence-electron chi connectivity index (χ2n) is 4.31. The minimum absolute atomic E-state index is 0.109. The van der Waals surface area contributed by atoms with Crippen molar-refractivity contribution in [1.82, 2.24) is 15.1 Å². The molecule has 1 unspecified atom stereocenters. The van der Waals surface area contributed by atoms with E-state index in [1.807, 2.05) is 18.5 Å². The van der Waals surface area contributed by atoms with E-state index in [-0.39, 0.29) is 11.8 Å². The van der Waals surface area contributed by atoms with Crippen LogP contribution < -0.4 is 5.32 Å². The van der Waals surface area contributed by atoms with Crippen LogP contribution in [0, 0.1) is 6.92 Å². The van der Waals surface area contributed by atoms with Crippen molar-refractivity contribution in [2.75, 3.05) is 5.75 Å². The fourth-order valence-electron chi connectivity index (χ4n) is 1.97. The molecule has 2 heterocycles. The van der Waals surface area contributed by atoms with E-state index in [1.165, 1.54) is 5.41 Å². The van der Waals surface area contributed by atoms with Gasteiger partial charge in [0.1, 0.15) is 0 Å². The van der Waals surface area contributed by atoms with Gasteiger partial charge in [-0.1, -0.05) is 6.08 Å². The zero-order valence-corrected chi connectivity index (χ0v) is 12.8. The number of aryl methyl sites for hydroxylation is 2. The first kappa shape index (κ1) is 13.8. The van der Waals surface area contributed by atoms with Gasteiger partial charge in [-0.3, -0.25) is 4.68 Å². The summed E-state index contributed by atoms with van der Waals surface area (Å²) in [4.78, 5) is 0. The molecule has 1 N–H and O–H groups in total. The summed E-state index contributed by atoms with van der Waals surface area (Å²) in [6, 6.07) is -0.109. The Morgan fingerprint density at radius 2 is 2.33 bits per heavy atom. The first-order chi connectivity index (χ1) is 8.43. The van der Waals surface area contributed by atoms with Gasteiger partial charge in [0.2, 0.25) is 0 Å². The summed E-state index contributed by atoms with van der Waals surface area (Å²) in [6.45, 7) is 5.37. The maximum absolute atomic E-state index is 11.3. The molecular formula is C11H16BrN3O2S. The number of nitrogens with zero attached hydrogens (tertiary/aromatic N) is 2. The van der Waals surface area contributed by atoms with Crippen LogP contribution in [0.2, 0.25) is 0 Å². The molecule has 7 heteroatoms. The number of sulfone groups is 1. The van der Waals surface area contributed by atoms with Gasteiger partial charge in [-0.05, 0) is 29.8 Å². The van der Waals surface area contributed by atoms with E-state index in [0.717, 1.165) is 22.4 Å². The van der Waals surface area contributed by atoms with E-state index >= 15 is 0 Å². The Kier molecular flexibility index (Phi) is 3.93. The Bertz CT molecular complexity index is 577. The predicted octanol–water partition coefficient (Wildman–Crippen LogP) is 1.37. The fourth-order valence-corrected chi connectivity index (χ4v) is 3.66. The van der Waals surface area contributed by atoms with Crippen molar-refractivity contribution >= 4 is 25.8 Å². The molecule has 100 valence electrons. The Morgan fingerprint density at radius 1 is 1.61 bits per heavy atom. The van der Waals surface area contributed by atoms with Gasteiger partial charge in [0.25, 0.3) is 0 Å².